The van der Waals surface area contributed by atoms with Crippen LogP contribution in [0.3, 0.4) is 0 Å². The van der Waals surface area contributed by atoms with Crippen molar-refractivity contribution in [3.05, 3.63) is 29.6 Å². The average Bonchev–Trinajstić information content (AvgIpc) is 2.32. The second-order valence-electron chi connectivity index (χ2n) is 5.70. The van der Waals surface area contributed by atoms with Crippen LogP contribution in [0.2, 0.25) is 0 Å². The maximum atomic E-state index is 4.37. The average molecular weight is 247 g/mol. The van der Waals surface area contributed by atoms with Gasteiger partial charge < -0.3 is 5.32 Å². The molecule has 0 aromatic carbocycles. The Balaban J connectivity index is 1.87. The zero-order chi connectivity index (χ0) is 13.0. The van der Waals surface area contributed by atoms with Crippen LogP contribution in [0.25, 0.3) is 0 Å². The molecule has 100 valence electrons. The number of pyridine rings is 1. The third-order valence-electron chi connectivity index (χ3n) is 3.45. The summed E-state index contributed by atoms with van der Waals surface area (Å²) in [7, 11) is 0. The summed E-state index contributed by atoms with van der Waals surface area (Å²) in [6, 6.07) is 5.53. The molecule has 1 N–H and O–H groups in total. The number of hydrogen-bond acceptors (Lipinski definition) is 3. The second kappa shape index (κ2) is 6.30. The highest BCUT2D eigenvalue weighted by Crippen LogP contribution is 2.14. The lowest BCUT2D eigenvalue weighted by Crippen LogP contribution is -2.47. The van der Waals surface area contributed by atoms with Crippen LogP contribution >= 0.6 is 0 Å². The molecule has 1 aromatic rings. The van der Waals surface area contributed by atoms with Gasteiger partial charge in [0.2, 0.25) is 0 Å². The van der Waals surface area contributed by atoms with Crippen molar-refractivity contribution in [2.45, 2.75) is 52.2 Å². The molecule has 1 unspecified atom stereocenters. The smallest absolute Gasteiger partial charge is 0.0372 e. The largest absolute Gasteiger partial charge is 0.311 e. The monoisotopic (exact) mass is 247 g/mol. The Morgan fingerprint density at radius 1 is 1.44 bits per heavy atom. The van der Waals surface area contributed by atoms with Gasteiger partial charge in [-0.2, -0.15) is 0 Å². The van der Waals surface area contributed by atoms with Gasteiger partial charge in [0.15, 0.2) is 0 Å². The van der Waals surface area contributed by atoms with Crippen LogP contribution in [-0.2, 0) is 6.54 Å². The van der Waals surface area contributed by atoms with Crippen LogP contribution in [0.4, 0.5) is 0 Å². The van der Waals surface area contributed by atoms with E-state index >= 15 is 0 Å². The summed E-state index contributed by atoms with van der Waals surface area (Å²) < 4.78 is 0. The van der Waals surface area contributed by atoms with Gasteiger partial charge in [-0.15, -0.1) is 0 Å². The summed E-state index contributed by atoms with van der Waals surface area (Å²) in [6.07, 6.45) is 4.61. The molecule has 1 aliphatic heterocycles. The molecule has 18 heavy (non-hydrogen) atoms. The van der Waals surface area contributed by atoms with Crippen LogP contribution in [-0.4, -0.2) is 35.1 Å². The van der Waals surface area contributed by atoms with E-state index in [-0.39, 0.29) is 0 Å². The van der Waals surface area contributed by atoms with E-state index in [9.17, 15) is 0 Å². The molecule has 1 atom stereocenters. The predicted molar refractivity (Wildman–Crippen MR) is 75.5 cm³/mol. The van der Waals surface area contributed by atoms with E-state index in [4.69, 9.17) is 0 Å². The van der Waals surface area contributed by atoms with Crippen molar-refractivity contribution in [1.82, 2.24) is 15.2 Å². The number of nitrogens with zero attached hydrogens (tertiary/aromatic N) is 2. The molecule has 1 fully saturated rings. The fourth-order valence-electron chi connectivity index (χ4n) is 2.66. The van der Waals surface area contributed by atoms with Gasteiger partial charge in [0.25, 0.3) is 0 Å². The Morgan fingerprint density at radius 2 is 2.28 bits per heavy atom. The zero-order valence-corrected chi connectivity index (χ0v) is 11.8. The predicted octanol–water partition coefficient (Wildman–Crippen LogP) is 2.35. The Hall–Kier alpha value is -0.930. The van der Waals surface area contributed by atoms with Crippen molar-refractivity contribution < 1.29 is 0 Å². The Bertz CT molecular complexity index is 359. The third kappa shape index (κ3) is 4.07. The summed E-state index contributed by atoms with van der Waals surface area (Å²) in [6.45, 7) is 9.89. The van der Waals surface area contributed by atoms with E-state index in [1.807, 2.05) is 13.1 Å². The molecule has 3 nitrogen and oxygen atoms in total. The molecule has 0 spiro atoms. The summed E-state index contributed by atoms with van der Waals surface area (Å²) in [5, 5.41) is 3.65. The third-order valence-corrected chi connectivity index (χ3v) is 3.45. The van der Waals surface area contributed by atoms with Crippen molar-refractivity contribution in [1.29, 1.82) is 0 Å². The molecule has 3 heteroatoms. The number of piperidine rings is 1. The fraction of sp³-hybridized carbons (Fsp3) is 0.667. The highest BCUT2D eigenvalue weighted by atomic mass is 15.2. The first-order chi connectivity index (χ1) is 8.63. The fourth-order valence-corrected chi connectivity index (χ4v) is 2.66. The molecule has 0 radical (unpaired) electrons. The van der Waals surface area contributed by atoms with Crippen molar-refractivity contribution in [2.75, 3.05) is 13.1 Å². The first kappa shape index (κ1) is 13.5. The molecule has 2 heterocycles. The first-order valence-corrected chi connectivity index (χ1v) is 7.03. The van der Waals surface area contributed by atoms with Crippen molar-refractivity contribution in [2.24, 2.45) is 0 Å². The van der Waals surface area contributed by atoms with Crippen LogP contribution in [0.15, 0.2) is 18.3 Å². The number of nitrogens with one attached hydrogen (secondary N) is 1. The van der Waals surface area contributed by atoms with Gasteiger partial charge >= 0.3 is 0 Å². The Morgan fingerprint density at radius 3 is 2.94 bits per heavy atom. The first-order valence-electron chi connectivity index (χ1n) is 7.03. The SMILES string of the molecule is Cc1ccc(CN2CCCC(NC(C)C)C2)cn1. The van der Waals surface area contributed by atoms with Gasteiger partial charge in [-0.3, -0.25) is 9.88 Å². The highest BCUT2D eigenvalue weighted by Gasteiger charge is 2.20. The lowest BCUT2D eigenvalue weighted by atomic mass is 10.0. The molecule has 1 aliphatic rings. The minimum atomic E-state index is 0.580. The van der Waals surface area contributed by atoms with E-state index in [0.717, 1.165) is 18.8 Å². The van der Waals surface area contributed by atoms with E-state index in [1.165, 1.54) is 24.9 Å². The summed E-state index contributed by atoms with van der Waals surface area (Å²) >= 11 is 0. The second-order valence-corrected chi connectivity index (χ2v) is 5.70. The molecule has 0 amide bonds. The minimum absolute atomic E-state index is 0.580. The summed E-state index contributed by atoms with van der Waals surface area (Å²) in [5.74, 6) is 0. The molecular weight excluding hydrogens is 222 g/mol. The van der Waals surface area contributed by atoms with Crippen LogP contribution in [0, 0.1) is 6.92 Å². The highest BCUT2D eigenvalue weighted by molar-refractivity contribution is 5.13. The van der Waals surface area contributed by atoms with Crippen LogP contribution < -0.4 is 5.32 Å². The summed E-state index contributed by atoms with van der Waals surface area (Å²) in [5.41, 5.74) is 2.42. The normalized spacial score (nSPS) is 21.4. The maximum Gasteiger partial charge on any atom is 0.0372 e. The standard InChI is InChI=1S/C15H25N3/c1-12(2)17-15-5-4-8-18(11-15)10-14-7-6-13(3)16-9-14/h6-7,9,12,15,17H,4-5,8,10-11H2,1-3H3. The van der Waals surface area contributed by atoms with E-state index < -0.39 is 0 Å². The van der Waals surface area contributed by atoms with Crippen molar-refractivity contribution in [3.63, 3.8) is 0 Å². The minimum Gasteiger partial charge on any atom is -0.311 e. The Kier molecular flexibility index (Phi) is 4.72. The molecule has 0 bridgehead atoms. The number of hydrogen-bond donors (Lipinski definition) is 1. The number of aromatic nitrogens is 1. The van der Waals surface area contributed by atoms with Crippen LogP contribution in [0.1, 0.15) is 37.9 Å². The molecule has 1 saturated heterocycles. The molecule has 2 rings (SSSR count). The lowest BCUT2D eigenvalue weighted by Gasteiger charge is -2.34. The van der Waals surface area contributed by atoms with Gasteiger partial charge in [-0.25, -0.2) is 0 Å². The van der Waals surface area contributed by atoms with E-state index in [2.05, 4.69) is 41.2 Å². The van der Waals surface area contributed by atoms with Gasteiger partial charge in [0.05, 0.1) is 0 Å². The van der Waals surface area contributed by atoms with Crippen molar-refractivity contribution in [3.8, 4) is 0 Å². The number of aryl methyl sites for hydroxylation is 1. The van der Waals surface area contributed by atoms with E-state index in [0.29, 0.717) is 12.1 Å². The number of likely N-dealkylation sites (tertiary alicyclic amines) is 1. The van der Waals surface area contributed by atoms with Gasteiger partial charge in [-0.05, 0) is 37.9 Å². The van der Waals surface area contributed by atoms with Gasteiger partial charge in [-0.1, -0.05) is 19.9 Å². The molecule has 0 aliphatic carbocycles. The molecule has 0 saturated carbocycles. The molecular formula is C15H25N3. The van der Waals surface area contributed by atoms with E-state index in [1.54, 1.807) is 0 Å². The Labute approximate surface area is 111 Å². The topological polar surface area (TPSA) is 28.2 Å². The number of rotatable bonds is 4. The lowest BCUT2D eigenvalue weighted by molar-refractivity contribution is 0.178. The summed E-state index contributed by atoms with van der Waals surface area (Å²) in [4.78, 5) is 6.91. The van der Waals surface area contributed by atoms with Gasteiger partial charge in [0.1, 0.15) is 0 Å². The molecule has 1 aromatic heterocycles. The quantitative estimate of drug-likeness (QED) is 0.885. The van der Waals surface area contributed by atoms with Gasteiger partial charge in [0, 0.05) is 37.1 Å². The maximum absolute atomic E-state index is 4.37. The van der Waals surface area contributed by atoms with Crippen molar-refractivity contribution >= 4 is 0 Å². The zero-order valence-electron chi connectivity index (χ0n) is 11.8. The van der Waals surface area contributed by atoms with Crippen LogP contribution in [0.5, 0.6) is 0 Å².